The molecule has 0 atom stereocenters. The summed E-state index contributed by atoms with van der Waals surface area (Å²) in [6, 6.07) is 17.8. The maximum Gasteiger partial charge on any atom is 0.166 e. The molecule has 10 nitrogen and oxygen atoms in total. The summed E-state index contributed by atoms with van der Waals surface area (Å²) >= 11 is 8.65. The molecule has 0 heterocycles. The molecule has 0 aliphatic rings. The quantitative estimate of drug-likeness (QED) is 0.0765. The lowest BCUT2D eigenvalue weighted by Gasteiger charge is -2.04. The van der Waals surface area contributed by atoms with E-state index in [1.54, 1.807) is 18.5 Å². The molecule has 0 radical (unpaired) electrons. The molecule has 0 aliphatic heterocycles. The fraction of sp³-hybridized carbons (Fsp3) is 0.154. The second-order valence-corrected chi connectivity index (χ2v) is 8.33. The summed E-state index contributed by atoms with van der Waals surface area (Å²) in [6.45, 7) is 0.596. The van der Waals surface area contributed by atoms with Crippen molar-refractivity contribution in [3.63, 3.8) is 0 Å². The molecule has 198 valence electrons. The first-order valence-corrected chi connectivity index (χ1v) is 12.2. The minimum absolute atomic E-state index is 0.116. The van der Waals surface area contributed by atoms with Gasteiger partial charge < -0.3 is 29.6 Å². The summed E-state index contributed by atoms with van der Waals surface area (Å²) < 4.78 is 0. The highest BCUT2D eigenvalue weighted by Crippen LogP contribution is 2.28. The molecule has 0 saturated carbocycles. The maximum absolute atomic E-state index is 10.1. The van der Waals surface area contributed by atoms with Crippen LogP contribution in [0, 0.1) is 0 Å². The highest BCUT2D eigenvalue weighted by Gasteiger charge is 2.07. The predicted molar refractivity (Wildman–Crippen MR) is 151 cm³/mol. The summed E-state index contributed by atoms with van der Waals surface area (Å²) in [5.41, 5.74) is 2.35. The second kappa shape index (κ2) is 15.8. The highest BCUT2D eigenvalue weighted by atomic mass is 32.1. The van der Waals surface area contributed by atoms with Gasteiger partial charge in [-0.3, -0.25) is 0 Å². The van der Waals surface area contributed by atoms with Gasteiger partial charge >= 0.3 is 0 Å². The van der Waals surface area contributed by atoms with E-state index in [1.807, 2.05) is 48.5 Å². The molecule has 0 spiro atoms. The lowest BCUT2D eigenvalue weighted by Crippen LogP contribution is -1.99. The van der Waals surface area contributed by atoms with Crippen molar-refractivity contribution in [3.05, 3.63) is 82.9 Å². The van der Waals surface area contributed by atoms with Crippen LogP contribution in [0.4, 0.5) is 0 Å². The van der Waals surface area contributed by atoms with Crippen LogP contribution >= 0.6 is 25.3 Å². The summed E-state index contributed by atoms with van der Waals surface area (Å²) in [5, 5.41) is 35.3. The van der Waals surface area contributed by atoms with E-state index in [4.69, 9.17) is 19.4 Å². The molecule has 3 aromatic rings. The Bertz CT molecular complexity index is 1300. The Balaban J connectivity index is 1.37. The van der Waals surface area contributed by atoms with E-state index in [-0.39, 0.29) is 43.5 Å². The van der Waals surface area contributed by atoms with Crippen molar-refractivity contribution in [2.24, 2.45) is 20.6 Å². The van der Waals surface area contributed by atoms with Crippen LogP contribution in [0.3, 0.4) is 0 Å². The summed E-state index contributed by atoms with van der Waals surface area (Å²) in [7, 11) is 0. The number of phenolic OH excluding ortho intramolecular Hbond substituents is 2. The van der Waals surface area contributed by atoms with Crippen LogP contribution in [0.25, 0.3) is 0 Å². The molecule has 0 aromatic heterocycles. The first-order valence-electron chi connectivity index (χ1n) is 11.3. The first kappa shape index (κ1) is 28.4. The molecular formula is C26H26N4O6S2. The van der Waals surface area contributed by atoms with Crippen LogP contribution in [0.1, 0.15) is 22.3 Å². The van der Waals surface area contributed by atoms with Crippen LogP contribution < -0.4 is 0 Å². The smallest absolute Gasteiger partial charge is 0.166 e. The zero-order chi connectivity index (χ0) is 27.0. The van der Waals surface area contributed by atoms with Crippen molar-refractivity contribution in [2.75, 3.05) is 26.4 Å². The lowest BCUT2D eigenvalue weighted by atomic mass is 10.1. The molecule has 0 aliphatic carbocycles. The Morgan fingerprint density at radius 3 is 1.47 bits per heavy atom. The van der Waals surface area contributed by atoms with Gasteiger partial charge in [0.2, 0.25) is 0 Å². The number of thiol groups is 2. The van der Waals surface area contributed by atoms with Crippen molar-refractivity contribution in [1.29, 1.82) is 0 Å². The largest absolute Gasteiger partial charge is 0.504 e. The molecule has 0 bridgehead atoms. The highest BCUT2D eigenvalue weighted by molar-refractivity contribution is 7.80. The molecule has 38 heavy (non-hydrogen) atoms. The van der Waals surface area contributed by atoms with Crippen LogP contribution in [-0.4, -0.2) is 61.5 Å². The molecular weight excluding hydrogens is 528 g/mol. The SMILES string of the molecule is Oc1cc(/C=N/OCCO/N=C/c2ccccc2S)cc(/C=N/OCCO/N=C/c2ccccc2S)c1O. The standard InChI is InChI=1S/C26H26N4O6S2/c31-23-14-19(15-27-33-9-10-34-28-16-20-5-1-3-7-24(20)37)13-22(26(23)32)18-30-36-12-11-35-29-17-21-6-2-4-8-25(21)38/h1-8,13-18,31-32,37-38H,9-12H2/b27-15+,28-16+,29-17+,30-18+. The average molecular weight is 555 g/mol. The Morgan fingerprint density at radius 1 is 0.579 bits per heavy atom. The Hall–Kier alpha value is -4.16. The summed E-state index contributed by atoms with van der Waals surface area (Å²) in [6.07, 6.45) is 5.73. The number of rotatable bonds is 14. The van der Waals surface area contributed by atoms with E-state index in [0.717, 1.165) is 20.9 Å². The molecule has 0 fully saturated rings. The minimum atomic E-state index is -0.351. The number of hydrogen-bond donors (Lipinski definition) is 4. The number of benzene rings is 3. The molecule has 3 rings (SSSR count). The van der Waals surface area contributed by atoms with E-state index in [9.17, 15) is 10.2 Å². The number of phenols is 2. The molecule has 0 amide bonds. The van der Waals surface area contributed by atoms with Gasteiger partial charge in [0.05, 0.1) is 24.9 Å². The van der Waals surface area contributed by atoms with Gasteiger partial charge in [0.25, 0.3) is 0 Å². The van der Waals surface area contributed by atoms with Gasteiger partial charge in [0.15, 0.2) is 37.9 Å². The number of aromatic hydroxyl groups is 2. The summed E-state index contributed by atoms with van der Waals surface area (Å²) in [5.74, 6) is -0.699. The molecule has 3 aromatic carbocycles. The van der Waals surface area contributed by atoms with Crippen LogP contribution in [0.15, 0.2) is 91.1 Å². The van der Waals surface area contributed by atoms with Gasteiger partial charge in [-0.15, -0.1) is 25.3 Å². The topological polar surface area (TPSA) is 127 Å². The third-order valence-corrected chi connectivity index (χ3v) is 5.44. The first-order chi connectivity index (χ1) is 18.5. The van der Waals surface area contributed by atoms with Crippen molar-refractivity contribution >= 4 is 50.1 Å². The number of nitrogens with zero attached hydrogens (tertiary/aromatic N) is 4. The van der Waals surface area contributed by atoms with Crippen LogP contribution in [-0.2, 0) is 19.4 Å². The van der Waals surface area contributed by atoms with E-state index in [1.165, 1.54) is 18.5 Å². The minimum Gasteiger partial charge on any atom is -0.504 e. The van der Waals surface area contributed by atoms with Gasteiger partial charge in [0.1, 0.15) is 0 Å². The maximum atomic E-state index is 10.1. The fourth-order valence-corrected chi connectivity index (χ4v) is 3.21. The van der Waals surface area contributed by atoms with E-state index < -0.39 is 0 Å². The van der Waals surface area contributed by atoms with Crippen molar-refractivity contribution in [1.82, 2.24) is 0 Å². The normalized spacial score (nSPS) is 11.6. The number of hydrogen-bond acceptors (Lipinski definition) is 12. The predicted octanol–water partition coefficient (Wildman–Crippen LogP) is 4.48. The molecule has 0 saturated heterocycles. The fourth-order valence-electron chi connectivity index (χ4n) is 2.77. The zero-order valence-corrected chi connectivity index (χ0v) is 21.9. The van der Waals surface area contributed by atoms with E-state index in [2.05, 4.69) is 45.9 Å². The van der Waals surface area contributed by atoms with Gasteiger partial charge in [-0.05, 0) is 24.3 Å². The second-order valence-electron chi connectivity index (χ2n) is 7.37. The third kappa shape index (κ3) is 9.71. The Morgan fingerprint density at radius 2 is 1.00 bits per heavy atom. The molecule has 2 N–H and O–H groups in total. The van der Waals surface area contributed by atoms with E-state index >= 15 is 0 Å². The van der Waals surface area contributed by atoms with Gasteiger partial charge in [0, 0.05) is 32.0 Å². The van der Waals surface area contributed by atoms with Crippen LogP contribution in [0.2, 0.25) is 0 Å². The van der Waals surface area contributed by atoms with Gasteiger partial charge in [-0.2, -0.15) is 0 Å². The van der Waals surface area contributed by atoms with Crippen molar-refractivity contribution < 1.29 is 29.6 Å². The van der Waals surface area contributed by atoms with Crippen LogP contribution in [0.5, 0.6) is 11.5 Å². The zero-order valence-electron chi connectivity index (χ0n) is 20.1. The number of oxime groups is 4. The Kier molecular flexibility index (Phi) is 11.8. The summed E-state index contributed by atoms with van der Waals surface area (Å²) in [4.78, 5) is 22.0. The average Bonchev–Trinajstić information content (AvgIpc) is 2.91. The molecule has 0 unspecified atom stereocenters. The van der Waals surface area contributed by atoms with Gasteiger partial charge in [-0.25, -0.2) is 0 Å². The van der Waals surface area contributed by atoms with Crippen molar-refractivity contribution in [2.45, 2.75) is 9.79 Å². The monoisotopic (exact) mass is 554 g/mol. The molecule has 12 heteroatoms. The van der Waals surface area contributed by atoms with E-state index in [0.29, 0.717) is 5.56 Å². The van der Waals surface area contributed by atoms with Gasteiger partial charge in [-0.1, -0.05) is 57.0 Å². The Labute approximate surface area is 230 Å². The third-order valence-electron chi connectivity index (χ3n) is 4.62. The van der Waals surface area contributed by atoms with Crippen molar-refractivity contribution in [3.8, 4) is 11.5 Å². The lowest BCUT2D eigenvalue weighted by molar-refractivity contribution is 0.0552.